The van der Waals surface area contributed by atoms with E-state index in [9.17, 15) is 9.59 Å². The molecule has 1 N–H and O–H groups in total. The summed E-state index contributed by atoms with van der Waals surface area (Å²) in [4.78, 5) is 26.8. The molecule has 0 radical (unpaired) electrons. The van der Waals surface area contributed by atoms with Crippen LogP contribution < -0.4 is 15.0 Å². The van der Waals surface area contributed by atoms with Gasteiger partial charge in [0.2, 0.25) is 11.8 Å². The van der Waals surface area contributed by atoms with Crippen LogP contribution in [0.5, 0.6) is 5.75 Å². The summed E-state index contributed by atoms with van der Waals surface area (Å²) < 4.78 is 6.30. The molecule has 0 aliphatic carbocycles. The number of hydrogen-bond donors (Lipinski definition) is 1. The van der Waals surface area contributed by atoms with Crippen molar-refractivity contribution >= 4 is 50.7 Å². The number of aryl methyl sites for hydroxylation is 1. The molecule has 0 saturated carbocycles. The van der Waals surface area contributed by atoms with Crippen molar-refractivity contribution in [2.45, 2.75) is 19.8 Å². The average molecular weight is 452 g/mol. The fourth-order valence-corrected chi connectivity index (χ4v) is 3.78. The molecule has 2 aromatic carbocycles. The van der Waals surface area contributed by atoms with Crippen LogP contribution in [0.15, 0.2) is 40.9 Å². The van der Waals surface area contributed by atoms with Crippen LogP contribution in [-0.4, -0.2) is 25.5 Å². The van der Waals surface area contributed by atoms with Gasteiger partial charge in [-0.05, 0) is 48.4 Å². The number of halogens is 2. The third-order valence-electron chi connectivity index (χ3n) is 4.63. The van der Waals surface area contributed by atoms with Gasteiger partial charge in [0.05, 0.1) is 18.7 Å². The Kier molecular flexibility index (Phi) is 6.07. The maximum atomic E-state index is 12.8. The molecule has 3 rings (SSSR count). The standard InChI is InChI=1S/C20H20BrClN2O3/c1-3-12-8-14(21)4-6-16(12)23-20(26)13-9-19(25)24(11-13)17-10-15(22)5-7-18(17)27-2/h4-8,10,13H,3,9,11H2,1-2H3,(H,23,26). The van der Waals surface area contributed by atoms with Gasteiger partial charge in [-0.1, -0.05) is 34.5 Å². The first-order chi connectivity index (χ1) is 12.9. The van der Waals surface area contributed by atoms with Crippen LogP contribution in [0, 0.1) is 5.92 Å². The number of hydrogen-bond acceptors (Lipinski definition) is 3. The van der Waals surface area contributed by atoms with E-state index in [2.05, 4.69) is 21.2 Å². The van der Waals surface area contributed by atoms with E-state index in [-0.39, 0.29) is 18.2 Å². The van der Waals surface area contributed by atoms with Crippen molar-refractivity contribution in [3.8, 4) is 5.75 Å². The maximum Gasteiger partial charge on any atom is 0.229 e. The summed E-state index contributed by atoms with van der Waals surface area (Å²) in [6.07, 6.45) is 0.948. The molecular weight excluding hydrogens is 432 g/mol. The number of amides is 2. The van der Waals surface area contributed by atoms with Gasteiger partial charge in [-0.15, -0.1) is 0 Å². The molecule has 2 amide bonds. The Labute approximate surface area is 171 Å². The number of carbonyl (C=O) groups excluding carboxylic acids is 2. The van der Waals surface area contributed by atoms with Crippen molar-refractivity contribution < 1.29 is 14.3 Å². The molecular formula is C20H20BrClN2O3. The van der Waals surface area contributed by atoms with E-state index >= 15 is 0 Å². The average Bonchev–Trinajstić information content (AvgIpc) is 3.04. The van der Waals surface area contributed by atoms with Gasteiger partial charge < -0.3 is 15.0 Å². The van der Waals surface area contributed by atoms with Gasteiger partial charge in [0.15, 0.2) is 0 Å². The molecule has 142 valence electrons. The predicted molar refractivity (Wildman–Crippen MR) is 111 cm³/mol. The molecule has 5 nitrogen and oxygen atoms in total. The fraction of sp³-hybridized carbons (Fsp3) is 0.300. The largest absolute Gasteiger partial charge is 0.495 e. The van der Waals surface area contributed by atoms with Crippen molar-refractivity contribution in [2.75, 3.05) is 23.9 Å². The van der Waals surface area contributed by atoms with E-state index in [0.29, 0.717) is 23.0 Å². The zero-order chi connectivity index (χ0) is 19.6. The number of nitrogens with one attached hydrogen (secondary N) is 1. The second kappa shape index (κ2) is 8.31. The second-order valence-corrected chi connectivity index (χ2v) is 7.72. The molecule has 1 aliphatic heterocycles. The highest BCUT2D eigenvalue weighted by Crippen LogP contribution is 2.35. The van der Waals surface area contributed by atoms with Gasteiger partial charge >= 0.3 is 0 Å². The number of rotatable bonds is 5. The first-order valence-electron chi connectivity index (χ1n) is 8.66. The molecule has 0 spiro atoms. The third-order valence-corrected chi connectivity index (χ3v) is 5.36. The number of benzene rings is 2. The molecule has 0 aromatic heterocycles. The number of methoxy groups -OCH3 is 1. The van der Waals surface area contributed by atoms with Gasteiger partial charge in [0.1, 0.15) is 5.75 Å². The van der Waals surface area contributed by atoms with Gasteiger partial charge in [-0.2, -0.15) is 0 Å². The molecule has 1 atom stereocenters. The highest BCUT2D eigenvalue weighted by molar-refractivity contribution is 9.10. The van der Waals surface area contributed by atoms with Crippen molar-refractivity contribution in [1.29, 1.82) is 0 Å². The minimum absolute atomic E-state index is 0.123. The van der Waals surface area contributed by atoms with Crippen LogP contribution in [0.2, 0.25) is 5.02 Å². The van der Waals surface area contributed by atoms with Gasteiger partial charge in [-0.25, -0.2) is 0 Å². The number of carbonyl (C=O) groups is 2. The summed E-state index contributed by atoms with van der Waals surface area (Å²) in [6, 6.07) is 10.8. The molecule has 1 heterocycles. The maximum absolute atomic E-state index is 12.8. The lowest BCUT2D eigenvalue weighted by atomic mass is 10.1. The van der Waals surface area contributed by atoms with Gasteiger partial charge in [-0.3, -0.25) is 9.59 Å². The first-order valence-corrected chi connectivity index (χ1v) is 9.83. The molecule has 1 aliphatic rings. The lowest BCUT2D eigenvalue weighted by Crippen LogP contribution is -2.28. The van der Waals surface area contributed by atoms with E-state index in [0.717, 1.165) is 22.1 Å². The fourth-order valence-electron chi connectivity index (χ4n) is 3.20. The van der Waals surface area contributed by atoms with E-state index < -0.39 is 5.92 Å². The number of nitrogens with zero attached hydrogens (tertiary/aromatic N) is 1. The monoisotopic (exact) mass is 450 g/mol. The molecule has 27 heavy (non-hydrogen) atoms. The lowest BCUT2D eigenvalue weighted by Gasteiger charge is -2.20. The molecule has 1 fully saturated rings. The first kappa shape index (κ1) is 19.7. The normalized spacial score (nSPS) is 16.5. The van der Waals surface area contributed by atoms with Crippen molar-refractivity contribution in [3.05, 3.63) is 51.5 Å². The van der Waals surface area contributed by atoms with E-state index in [1.807, 2.05) is 25.1 Å². The molecule has 1 unspecified atom stereocenters. The van der Waals surface area contributed by atoms with Crippen molar-refractivity contribution in [2.24, 2.45) is 5.92 Å². The van der Waals surface area contributed by atoms with Crippen LogP contribution in [0.1, 0.15) is 18.9 Å². The highest BCUT2D eigenvalue weighted by Gasteiger charge is 2.36. The smallest absolute Gasteiger partial charge is 0.229 e. The second-order valence-electron chi connectivity index (χ2n) is 6.37. The summed E-state index contributed by atoms with van der Waals surface area (Å²) in [5.74, 6) is -0.171. The highest BCUT2D eigenvalue weighted by atomic mass is 79.9. The molecule has 7 heteroatoms. The van der Waals surface area contributed by atoms with Crippen LogP contribution in [0.4, 0.5) is 11.4 Å². The molecule has 0 bridgehead atoms. The Balaban J connectivity index is 1.78. The van der Waals surface area contributed by atoms with Crippen molar-refractivity contribution in [3.63, 3.8) is 0 Å². The molecule has 1 saturated heterocycles. The third kappa shape index (κ3) is 4.28. The summed E-state index contributed by atoms with van der Waals surface area (Å²) in [6.45, 7) is 2.32. The summed E-state index contributed by atoms with van der Waals surface area (Å²) in [5, 5.41) is 3.48. The minimum atomic E-state index is -0.436. The van der Waals surface area contributed by atoms with Gasteiger partial charge in [0.25, 0.3) is 0 Å². The Morgan fingerprint density at radius 1 is 1.33 bits per heavy atom. The minimum Gasteiger partial charge on any atom is -0.495 e. The lowest BCUT2D eigenvalue weighted by molar-refractivity contribution is -0.122. The van der Waals surface area contributed by atoms with Gasteiger partial charge in [0, 0.05) is 28.1 Å². The Morgan fingerprint density at radius 3 is 2.81 bits per heavy atom. The van der Waals surface area contributed by atoms with Crippen LogP contribution >= 0.6 is 27.5 Å². The SMILES string of the molecule is CCc1cc(Br)ccc1NC(=O)C1CC(=O)N(c2cc(Cl)ccc2OC)C1. The number of ether oxygens (including phenoxy) is 1. The van der Waals surface area contributed by atoms with Crippen LogP contribution in [0.25, 0.3) is 0 Å². The van der Waals surface area contributed by atoms with Crippen molar-refractivity contribution in [1.82, 2.24) is 0 Å². The summed E-state index contributed by atoms with van der Waals surface area (Å²) >= 11 is 9.52. The Morgan fingerprint density at radius 2 is 2.11 bits per heavy atom. The summed E-state index contributed by atoms with van der Waals surface area (Å²) in [7, 11) is 1.54. The Bertz CT molecular complexity index is 888. The van der Waals surface area contributed by atoms with Crippen LogP contribution in [-0.2, 0) is 16.0 Å². The Hall–Kier alpha value is -2.05. The zero-order valence-electron chi connectivity index (χ0n) is 15.1. The van der Waals surface area contributed by atoms with E-state index in [1.54, 1.807) is 23.1 Å². The number of anilines is 2. The van der Waals surface area contributed by atoms with Crippen LogP contribution in [0.3, 0.4) is 0 Å². The predicted octanol–water partition coefficient (Wildman–Crippen LogP) is 4.67. The van der Waals surface area contributed by atoms with E-state index in [4.69, 9.17) is 16.3 Å². The quantitative estimate of drug-likeness (QED) is 0.719. The van der Waals surface area contributed by atoms with E-state index in [1.165, 1.54) is 7.11 Å². The zero-order valence-corrected chi connectivity index (χ0v) is 17.4. The molecule has 2 aromatic rings. The summed E-state index contributed by atoms with van der Waals surface area (Å²) in [5.41, 5.74) is 2.40. The topological polar surface area (TPSA) is 58.6 Å².